The zero-order valence-corrected chi connectivity index (χ0v) is 15.3. The molecule has 1 heterocycles. The van der Waals surface area contributed by atoms with Crippen molar-refractivity contribution in [3.63, 3.8) is 0 Å². The van der Waals surface area contributed by atoms with Gasteiger partial charge in [-0.25, -0.2) is 9.79 Å². The maximum absolute atomic E-state index is 12.1. The van der Waals surface area contributed by atoms with E-state index in [-0.39, 0.29) is 23.5 Å². The van der Waals surface area contributed by atoms with Crippen molar-refractivity contribution in [2.75, 3.05) is 7.11 Å². The second-order valence-electron chi connectivity index (χ2n) is 6.19. The van der Waals surface area contributed by atoms with Gasteiger partial charge < -0.3 is 14.2 Å². The summed E-state index contributed by atoms with van der Waals surface area (Å²) in [4.78, 5) is 28.2. The molecule has 2 aromatic rings. The minimum Gasteiger partial charge on any atom is -0.493 e. The van der Waals surface area contributed by atoms with E-state index in [1.165, 1.54) is 7.11 Å². The van der Waals surface area contributed by atoms with Gasteiger partial charge in [0.2, 0.25) is 5.90 Å². The molecule has 2 aromatic carbocycles. The number of carbonyl (C=O) groups is 2. The van der Waals surface area contributed by atoms with Crippen molar-refractivity contribution in [3.05, 3.63) is 65.4 Å². The van der Waals surface area contributed by atoms with E-state index in [1.54, 1.807) is 38.1 Å². The monoisotopic (exact) mass is 365 g/mol. The van der Waals surface area contributed by atoms with Gasteiger partial charge in [-0.1, -0.05) is 38.1 Å². The van der Waals surface area contributed by atoms with E-state index in [1.807, 2.05) is 30.3 Å². The first-order valence-corrected chi connectivity index (χ1v) is 8.45. The van der Waals surface area contributed by atoms with E-state index >= 15 is 0 Å². The third-order valence-electron chi connectivity index (χ3n) is 3.81. The van der Waals surface area contributed by atoms with Crippen molar-refractivity contribution in [1.29, 1.82) is 0 Å². The summed E-state index contributed by atoms with van der Waals surface area (Å²) < 4.78 is 15.8. The van der Waals surface area contributed by atoms with E-state index in [0.717, 1.165) is 5.56 Å². The molecule has 0 saturated heterocycles. The molecule has 6 heteroatoms. The molecule has 0 unspecified atom stereocenters. The predicted octanol–water partition coefficient (Wildman–Crippen LogP) is 3.60. The van der Waals surface area contributed by atoms with E-state index in [9.17, 15) is 9.59 Å². The summed E-state index contributed by atoms with van der Waals surface area (Å²) in [5, 5.41) is 0. The molecule has 27 heavy (non-hydrogen) atoms. The van der Waals surface area contributed by atoms with E-state index < -0.39 is 5.97 Å². The van der Waals surface area contributed by atoms with Gasteiger partial charge in [-0.15, -0.1) is 0 Å². The Hall–Kier alpha value is -3.41. The Morgan fingerprint density at radius 1 is 1.11 bits per heavy atom. The standard InChI is InChI=1S/C21H19NO5/c1-13(2)20(23)26-17-10-9-14(12-18(17)25-3)11-16-21(24)27-19(22-16)15-7-5-4-6-8-15/h4-13H,1-3H3/b16-11-. The number of esters is 2. The number of ether oxygens (including phenoxy) is 3. The van der Waals surface area contributed by atoms with Crippen LogP contribution in [-0.4, -0.2) is 24.9 Å². The minimum absolute atomic E-state index is 0.183. The second-order valence-corrected chi connectivity index (χ2v) is 6.19. The van der Waals surface area contributed by atoms with E-state index in [4.69, 9.17) is 14.2 Å². The van der Waals surface area contributed by atoms with Crippen LogP contribution >= 0.6 is 0 Å². The Labute approximate surface area is 157 Å². The fraction of sp³-hybridized carbons (Fsp3) is 0.190. The van der Waals surface area contributed by atoms with Crippen molar-refractivity contribution >= 4 is 23.9 Å². The lowest BCUT2D eigenvalue weighted by Gasteiger charge is -2.11. The molecular formula is C21H19NO5. The van der Waals surface area contributed by atoms with Crippen molar-refractivity contribution < 1.29 is 23.8 Å². The maximum atomic E-state index is 12.1. The van der Waals surface area contributed by atoms with Gasteiger partial charge in [0.25, 0.3) is 0 Å². The Morgan fingerprint density at radius 2 is 1.85 bits per heavy atom. The Balaban J connectivity index is 1.87. The third kappa shape index (κ3) is 4.23. The summed E-state index contributed by atoms with van der Waals surface area (Å²) in [6, 6.07) is 14.2. The summed E-state index contributed by atoms with van der Waals surface area (Å²) in [5.41, 5.74) is 1.58. The highest BCUT2D eigenvalue weighted by Gasteiger charge is 2.24. The molecule has 0 saturated carbocycles. The number of hydrogen-bond donors (Lipinski definition) is 0. The number of nitrogens with zero attached hydrogens (tertiary/aromatic N) is 1. The van der Waals surface area contributed by atoms with Gasteiger partial charge in [0, 0.05) is 5.56 Å². The molecule has 0 aromatic heterocycles. The Bertz CT molecular complexity index is 929. The van der Waals surface area contributed by atoms with Crippen LogP contribution in [0.1, 0.15) is 25.0 Å². The van der Waals surface area contributed by atoms with Crippen molar-refractivity contribution in [2.24, 2.45) is 10.9 Å². The number of carbonyl (C=O) groups excluding carboxylic acids is 2. The molecule has 0 spiro atoms. The van der Waals surface area contributed by atoms with Crippen molar-refractivity contribution in [3.8, 4) is 11.5 Å². The van der Waals surface area contributed by atoms with E-state index in [0.29, 0.717) is 17.1 Å². The Morgan fingerprint density at radius 3 is 2.52 bits per heavy atom. The average molecular weight is 365 g/mol. The second kappa shape index (κ2) is 7.86. The normalized spacial score (nSPS) is 14.9. The lowest BCUT2D eigenvalue weighted by atomic mass is 10.1. The van der Waals surface area contributed by atoms with Gasteiger partial charge in [0.05, 0.1) is 13.0 Å². The SMILES string of the molecule is COc1cc(/C=C2\N=C(c3ccccc3)OC2=O)ccc1OC(=O)C(C)C. The first-order valence-electron chi connectivity index (χ1n) is 8.45. The molecule has 0 atom stereocenters. The zero-order valence-electron chi connectivity index (χ0n) is 15.3. The van der Waals surface area contributed by atoms with Gasteiger partial charge in [0.15, 0.2) is 17.2 Å². The first kappa shape index (κ1) is 18.4. The average Bonchev–Trinajstić information content (AvgIpc) is 3.04. The summed E-state index contributed by atoms with van der Waals surface area (Å²) in [7, 11) is 1.48. The molecular weight excluding hydrogens is 346 g/mol. The predicted molar refractivity (Wildman–Crippen MR) is 101 cm³/mol. The highest BCUT2D eigenvalue weighted by molar-refractivity contribution is 6.12. The molecule has 0 amide bonds. The molecule has 1 aliphatic heterocycles. The minimum atomic E-state index is -0.525. The summed E-state index contributed by atoms with van der Waals surface area (Å²) in [6.45, 7) is 3.50. The largest absolute Gasteiger partial charge is 0.493 e. The number of cyclic esters (lactones) is 1. The maximum Gasteiger partial charge on any atom is 0.363 e. The van der Waals surface area contributed by atoms with Crippen molar-refractivity contribution in [2.45, 2.75) is 13.8 Å². The third-order valence-corrected chi connectivity index (χ3v) is 3.81. The summed E-state index contributed by atoms with van der Waals surface area (Å²) in [6.07, 6.45) is 1.59. The van der Waals surface area contributed by atoms with Crippen molar-refractivity contribution in [1.82, 2.24) is 0 Å². The van der Waals surface area contributed by atoms with Crippen LogP contribution in [0.2, 0.25) is 0 Å². The first-order chi connectivity index (χ1) is 13.0. The van der Waals surface area contributed by atoms with Gasteiger partial charge in [-0.2, -0.15) is 0 Å². The van der Waals surface area contributed by atoms with E-state index in [2.05, 4.69) is 4.99 Å². The molecule has 3 rings (SSSR count). The quantitative estimate of drug-likeness (QED) is 0.460. The van der Waals surface area contributed by atoms with Crippen LogP contribution in [0.15, 0.2) is 59.2 Å². The number of benzene rings is 2. The topological polar surface area (TPSA) is 74.2 Å². The number of aliphatic imine (C=N–C) groups is 1. The smallest absolute Gasteiger partial charge is 0.363 e. The van der Waals surface area contributed by atoms with Gasteiger partial charge >= 0.3 is 11.9 Å². The number of rotatable bonds is 5. The Kier molecular flexibility index (Phi) is 5.35. The summed E-state index contributed by atoms with van der Waals surface area (Å²) in [5.74, 6) is -0.159. The fourth-order valence-corrected chi connectivity index (χ4v) is 2.36. The number of hydrogen-bond acceptors (Lipinski definition) is 6. The molecule has 0 bridgehead atoms. The van der Waals surface area contributed by atoms with Crippen LogP contribution in [-0.2, 0) is 14.3 Å². The van der Waals surface area contributed by atoms with Crippen LogP contribution in [0.4, 0.5) is 0 Å². The number of methoxy groups -OCH3 is 1. The van der Waals surface area contributed by atoms with Gasteiger partial charge in [-0.05, 0) is 35.9 Å². The molecule has 0 N–H and O–H groups in total. The van der Waals surface area contributed by atoms with Crippen LogP contribution < -0.4 is 9.47 Å². The molecule has 0 fully saturated rings. The molecule has 6 nitrogen and oxygen atoms in total. The lowest BCUT2D eigenvalue weighted by Crippen LogP contribution is -2.15. The molecule has 0 aliphatic carbocycles. The molecule has 138 valence electrons. The van der Waals surface area contributed by atoms with Crippen LogP contribution in [0.25, 0.3) is 6.08 Å². The molecule has 0 radical (unpaired) electrons. The highest BCUT2D eigenvalue weighted by atomic mass is 16.6. The van der Waals surface area contributed by atoms with Crippen LogP contribution in [0.5, 0.6) is 11.5 Å². The summed E-state index contributed by atoms with van der Waals surface area (Å²) >= 11 is 0. The zero-order chi connectivity index (χ0) is 19.4. The van der Waals surface area contributed by atoms with Crippen LogP contribution in [0.3, 0.4) is 0 Å². The molecule has 1 aliphatic rings. The van der Waals surface area contributed by atoms with Gasteiger partial charge in [-0.3, -0.25) is 4.79 Å². The lowest BCUT2D eigenvalue weighted by molar-refractivity contribution is -0.137. The van der Waals surface area contributed by atoms with Crippen LogP contribution in [0, 0.1) is 5.92 Å². The fourth-order valence-electron chi connectivity index (χ4n) is 2.36. The highest BCUT2D eigenvalue weighted by Crippen LogP contribution is 2.30. The van der Waals surface area contributed by atoms with Gasteiger partial charge in [0.1, 0.15) is 0 Å².